The third kappa shape index (κ3) is 3.70. The zero-order valence-corrected chi connectivity index (χ0v) is 14.1. The van der Waals surface area contributed by atoms with Gasteiger partial charge >= 0.3 is 0 Å². The molecule has 0 saturated heterocycles. The van der Waals surface area contributed by atoms with Crippen molar-refractivity contribution in [3.8, 4) is 0 Å². The molecule has 0 spiro atoms. The van der Waals surface area contributed by atoms with Gasteiger partial charge in [0.15, 0.2) is 0 Å². The maximum absolute atomic E-state index is 11.2. The first-order chi connectivity index (χ1) is 10.4. The summed E-state index contributed by atoms with van der Waals surface area (Å²) >= 11 is 3.26. The number of hydrogen-bond donors (Lipinski definition) is 0. The van der Waals surface area contributed by atoms with Crippen molar-refractivity contribution in [1.29, 1.82) is 0 Å². The van der Waals surface area contributed by atoms with Gasteiger partial charge in [-0.3, -0.25) is 10.1 Å². The summed E-state index contributed by atoms with van der Waals surface area (Å²) in [5.74, 6) is 0.608. The molecule has 0 amide bonds. The largest absolute Gasteiger partial charge is 0.363 e. The Hall–Kier alpha value is -2.22. The van der Waals surface area contributed by atoms with Gasteiger partial charge in [0, 0.05) is 37.9 Å². The van der Waals surface area contributed by atoms with Gasteiger partial charge in [0.25, 0.3) is 5.69 Å². The van der Waals surface area contributed by atoms with Crippen LogP contribution in [0.1, 0.15) is 5.69 Å². The van der Waals surface area contributed by atoms with Gasteiger partial charge in [0.1, 0.15) is 5.69 Å². The Morgan fingerprint density at radius 3 is 2.64 bits per heavy atom. The summed E-state index contributed by atoms with van der Waals surface area (Å²) in [6.07, 6.45) is 1.68. The highest BCUT2D eigenvalue weighted by molar-refractivity contribution is 9.10. The van der Waals surface area contributed by atoms with Crippen LogP contribution in [0.25, 0.3) is 0 Å². The molecule has 8 heteroatoms. The molecule has 0 atom stereocenters. The van der Waals surface area contributed by atoms with Crippen molar-refractivity contribution in [2.24, 2.45) is 0 Å². The summed E-state index contributed by atoms with van der Waals surface area (Å²) < 4.78 is 0.674. The van der Waals surface area contributed by atoms with Gasteiger partial charge in [0.05, 0.1) is 17.2 Å². The molecule has 0 aliphatic heterocycles. The summed E-state index contributed by atoms with van der Waals surface area (Å²) in [5.41, 5.74) is 1.38. The second-order valence-corrected chi connectivity index (χ2v) is 5.90. The Morgan fingerprint density at radius 1 is 1.27 bits per heavy atom. The lowest BCUT2D eigenvalue weighted by atomic mass is 10.2. The highest BCUT2D eigenvalue weighted by Gasteiger charge is 2.18. The molecule has 0 aliphatic carbocycles. The molecule has 0 bridgehead atoms. The normalized spacial score (nSPS) is 10.4. The minimum absolute atomic E-state index is 0.0544. The van der Waals surface area contributed by atoms with Crippen LogP contribution in [0.15, 0.2) is 34.9 Å². The van der Waals surface area contributed by atoms with E-state index in [9.17, 15) is 10.1 Å². The van der Waals surface area contributed by atoms with E-state index in [4.69, 9.17) is 0 Å². The Balaban J connectivity index is 2.28. The van der Waals surface area contributed by atoms with E-state index in [0.717, 1.165) is 5.69 Å². The van der Waals surface area contributed by atoms with Gasteiger partial charge in [-0.2, -0.15) is 0 Å². The molecule has 1 heterocycles. The average Bonchev–Trinajstić information content (AvgIpc) is 2.47. The van der Waals surface area contributed by atoms with Crippen molar-refractivity contribution in [2.75, 3.05) is 30.9 Å². The lowest BCUT2D eigenvalue weighted by Gasteiger charge is -2.19. The van der Waals surface area contributed by atoms with E-state index in [-0.39, 0.29) is 10.6 Å². The highest BCUT2D eigenvalue weighted by atomic mass is 79.9. The predicted molar refractivity (Wildman–Crippen MR) is 89.3 cm³/mol. The Labute approximate surface area is 136 Å². The van der Waals surface area contributed by atoms with E-state index in [0.29, 0.717) is 22.7 Å². The average molecular weight is 366 g/mol. The third-order valence-electron chi connectivity index (χ3n) is 3.05. The van der Waals surface area contributed by atoms with Gasteiger partial charge in [-0.1, -0.05) is 15.9 Å². The first-order valence-corrected chi connectivity index (χ1v) is 7.32. The molecule has 0 radical (unpaired) electrons. The van der Waals surface area contributed by atoms with Crippen LogP contribution in [-0.4, -0.2) is 36.0 Å². The molecule has 7 nitrogen and oxygen atoms in total. The van der Waals surface area contributed by atoms with Crippen LogP contribution in [0.5, 0.6) is 0 Å². The second kappa shape index (κ2) is 6.69. The topological polar surface area (TPSA) is 75.4 Å². The van der Waals surface area contributed by atoms with Crippen LogP contribution in [-0.2, 0) is 6.54 Å². The van der Waals surface area contributed by atoms with Crippen molar-refractivity contribution in [3.63, 3.8) is 0 Å². The molecule has 0 aliphatic rings. The van der Waals surface area contributed by atoms with Crippen LogP contribution in [0.3, 0.4) is 0 Å². The zero-order valence-electron chi connectivity index (χ0n) is 12.5. The second-order valence-electron chi connectivity index (χ2n) is 4.99. The molecule has 1 aromatic heterocycles. The number of benzene rings is 1. The maximum atomic E-state index is 11.2. The summed E-state index contributed by atoms with van der Waals surface area (Å²) in [4.78, 5) is 23.0. The fourth-order valence-corrected chi connectivity index (χ4v) is 2.33. The molecule has 2 rings (SSSR count). The fourth-order valence-electron chi connectivity index (χ4n) is 1.98. The van der Waals surface area contributed by atoms with Crippen LogP contribution in [0.2, 0.25) is 0 Å². The van der Waals surface area contributed by atoms with Gasteiger partial charge in [-0.25, -0.2) is 9.97 Å². The van der Waals surface area contributed by atoms with Crippen molar-refractivity contribution < 1.29 is 4.92 Å². The molecular weight excluding hydrogens is 350 g/mol. The molecular formula is C14H16BrN5O2. The number of nitro benzene ring substituents is 1. The molecule has 2 aromatic rings. The minimum Gasteiger partial charge on any atom is -0.363 e. The van der Waals surface area contributed by atoms with E-state index in [2.05, 4.69) is 25.9 Å². The molecule has 116 valence electrons. The number of aromatic nitrogens is 2. The Bertz CT molecular complexity index is 693. The maximum Gasteiger partial charge on any atom is 0.293 e. The number of anilines is 2. The van der Waals surface area contributed by atoms with Crippen LogP contribution in [0, 0.1) is 10.1 Å². The van der Waals surface area contributed by atoms with Gasteiger partial charge in [-0.15, -0.1) is 0 Å². The molecule has 0 unspecified atom stereocenters. The highest BCUT2D eigenvalue weighted by Crippen LogP contribution is 2.31. The number of halogens is 1. The van der Waals surface area contributed by atoms with Gasteiger partial charge in [-0.05, 0) is 18.2 Å². The van der Waals surface area contributed by atoms with Gasteiger partial charge in [0.2, 0.25) is 5.95 Å². The molecule has 0 fully saturated rings. The summed E-state index contributed by atoms with van der Waals surface area (Å²) in [5, 5.41) is 11.2. The summed E-state index contributed by atoms with van der Waals surface area (Å²) in [6.45, 7) is 0.450. The van der Waals surface area contributed by atoms with E-state index in [1.54, 1.807) is 36.3 Å². The minimum atomic E-state index is -0.387. The first kappa shape index (κ1) is 16.2. The van der Waals surface area contributed by atoms with E-state index < -0.39 is 0 Å². The quantitative estimate of drug-likeness (QED) is 0.598. The fraction of sp³-hybridized carbons (Fsp3) is 0.286. The molecule has 1 aromatic carbocycles. The lowest BCUT2D eigenvalue weighted by molar-refractivity contribution is -0.384. The van der Waals surface area contributed by atoms with Crippen molar-refractivity contribution in [2.45, 2.75) is 6.54 Å². The predicted octanol–water partition coefficient (Wildman–Crippen LogP) is 2.85. The SMILES string of the molecule is CN(C)c1nccc(CN(C)c2ccc(Br)cc2[N+](=O)[O-])n1. The van der Waals surface area contributed by atoms with Crippen molar-refractivity contribution in [1.82, 2.24) is 9.97 Å². The van der Waals surface area contributed by atoms with E-state index in [1.807, 2.05) is 19.0 Å². The van der Waals surface area contributed by atoms with Crippen LogP contribution < -0.4 is 9.80 Å². The number of rotatable bonds is 5. The summed E-state index contributed by atoms with van der Waals surface area (Å²) in [6, 6.07) is 6.80. The Morgan fingerprint density at radius 2 is 2.00 bits per heavy atom. The van der Waals surface area contributed by atoms with Crippen LogP contribution >= 0.6 is 15.9 Å². The molecule has 22 heavy (non-hydrogen) atoms. The van der Waals surface area contributed by atoms with Crippen molar-refractivity contribution in [3.05, 3.63) is 50.7 Å². The number of hydrogen-bond acceptors (Lipinski definition) is 6. The molecule has 0 N–H and O–H groups in total. The number of nitro groups is 1. The lowest BCUT2D eigenvalue weighted by Crippen LogP contribution is -2.20. The zero-order chi connectivity index (χ0) is 16.3. The number of nitrogens with zero attached hydrogens (tertiary/aromatic N) is 5. The van der Waals surface area contributed by atoms with E-state index in [1.165, 1.54) is 6.07 Å². The summed E-state index contributed by atoms with van der Waals surface area (Å²) in [7, 11) is 5.53. The van der Waals surface area contributed by atoms with E-state index >= 15 is 0 Å². The third-order valence-corrected chi connectivity index (χ3v) is 3.54. The monoisotopic (exact) mass is 365 g/mol. The standard InChI is InChI=1S/C14H16BrN5O2/c1-18(2)14-16-7-6-11(17-14)9-19(3)12-5-4-10(15)8-13(12)20(21)22/h4-8H,9H2,1-3H3. The smallest absolute Gasteiger partial charge is 0.293 e. The van der Waals surface area contributed by atoms with Gasteiger partial charge < -0.3 is 9.80 Å². The van der Waals surface area contributed by atoms with Crippen LogP contribution in [0.4, 0.5) is 17.3 Å². The van der Waals surface area contributed by atoms with Crippen molar-refractivity contribution >= 4 is 33.3 Å². The Kier molecular flexibility index (Phi) is 4.92. The first-order valence-electron chi connectivity index (χ1n) is 6.53. The molecule has 0 saturated carbocycles.